The topological polar surface area (TPSA) is 58.6 Å². The Morgan fingerprint density at radius 2 is 1.92 bits per heavy atom. The number of carbonyl (C=O) groups is 2. The van der Waals surface area contributed by atoms with Gasteiger partial charge in [-0.2, -0.15) is 0 Å². The molecular weight excluding hydrogens is 304 g/mol. The molecule has 1 aliphatic heterocycles. The minimum absolute atomic E-state index is 0.00996. The van der Waals surface area contributed by atoms with Crippen LogP contribution in [0.5, 0.6) is 0 Å². The van der Waals surface area contributed by atoms with Crippen molar-refractivity contribution in [2.75, 3.05) is 0 Å². The van der Waals surface area contributed by atoms with Gasteiger partial charge in [-0.25, -0.2) is 4.79 Å². The highest BCUT2D eigenvalue weighted by molar-refractivity contribution is 5.87. The Bertz CT molecular complexity index is 523. The molecule has 1 N–H and O–H groups in total. The Kier molecular flexibility index (Phi) is 4.33. The summed E-state index contributed by atoms with van der Waals surface area (Å²) in [4.78, 5) is 27.1. The fourth-order valence-electron chi connectivity index (χ4n) is 4.39. The van der Waals surface area contributed by atoms with Crippen LogP contribution in [0.25, 0.3) is 0 Å². The Hall–Kier alpha value is -1.26. The number of hydrogen-bond acceptors (Lipinski definition) is 3. The van der Waals surface area contributed by atoms with Gasteiger partial charge in [0.25, 0.3) is 0 Å². The zero-order chi connectivity index (χ0) is 17.7. The molecule has 3 rings (SSSR count). The van der Waals surface area contributed by atoms with E-state index in [1.807, 2.05) is 20.8 Å². The van der Waals surface area contributed by atoms with E-state index in [0.29, 0.717) is 11.3 Å². The van der Waals surface area contributed by atoms with E-state index >= 15 is 0 Å². The summed E-state index contributed by atoms with van der Waals surface area (Å²) in [6, 6.07) is 0.0886. The maximum atomic E-state index is 12.8. The first-order chi connectivity index (χ1) is 11.1. The molecular formula is C19H32N2O3. The number of amides is 2. The number of carbonyl (C=O) groups excluding carboxylic acids is 2. The summed E-state index contributed by atoms with van der Waals surface area (Å²) in [5, 5.41) is 3.22. The van der Waals surface area contributed by atoms with Crippen molar-refractivity contribution in [1.82, 2.24) is 10.2 Å². The summed E-state index contributed by atoms with van der Waals surface area (Å²) in [6.45, 7) is 10.1. The molecule has 5 nitrogen and oxygen atoms in total. The van der Waals surface area contributed by atoms with Gasteiger partial charge in [-0.1, -0.05) is 20.3 Å². The van der Waals surface area contributed by atoms with Crippen molar-refractivity contribution in [3.05, 3.63) is 0 Å². The highest BCUT2D eigenvalue weighted by Crippen LogP contribution is 2.48. The predicted molar refractivity (Wildman–Crippen MR) is 92.6 cm³/mol. The molecule has 3 aliphatic rings. The molecule has 4 atom stereocenters. The van der Waals surface area contributed by atoms with E-state index in [2.05, 4.69) is 19.2 Å². The maximum Gasteiger partial charge on any atom is 0.411 e. The molecule has 0 bridgehead atoms. The number of ether oxygens (including phenoxy) is 1. The molecule has 5 heteroatoms. The Morgan fingerprint density at radius 1 is 1.21 bits per heavy atom. The van der Waals surface area contributed by atoms with E-state index in [-0.39, 0.29) is 30.1 Å². The van der Waals surface area contributed by atoms with E-state index in [0.717, 1.165) is 32.1 Å². The lowest BCUT2D eigenvalue weighted by atomic mass is 9.75. The van der Waals surface area contributed by atoms with Crippen molar-refractivity contribution in [1.29, 1.82) is 0 Å². The first kappa shape index (κ1) is 17.6. The number of rotatable bonds is 2. The summed E-state index contributed by atoms with van der Waals surface area (Å²) >= 11 is 0. The maximum absolute atomic E-state index is 12.8. The van der Waals surface area contributed by atoms with Crippen LogP contribution in [-0.4, -0.2) is 40.6 Å². The second kappa shape index (κ2) is 5.92. The van der Waals surface area contributed by atoms with Crippen molar-refractivity contribution in [2.24, 2.45) is 11.3 Å². The predicted octanol–water partition coefficient (Wildman–Crippen LogP) is 3.47. The summed E-state index contributed by atoms with van der Waals surface area (Å²) in [7, 11) is 0. The van der Waals surface area contributed by atoms with Crippen molar-refractivity contribution < 1.29 is 14.3 Å². The molecule has 2 saturated carbocycles. The van der Waals surface area contributed by atoms with Gasteiger partial charge in [-0.15, -0.1) is 0 Å². The quantitative estimate of drug-likeness (QED) is 0.840. The van der Waals surface area contributed by atoms with Gasteiger partial charge in [0.2, 0.25) is 5.91 Å². The van der Waals surface area contributed by atoms with Crippen molar-refractivity contribution in [2.45, 2.75) is 96.9 Å². The van der Waals surface area contributed by atoms with Gasteiger partial charge in [-0.3, -0.25) is 9.69 Å². The molecule has 0 aromatic heterocycles. The van der Waals surface area contributed by atoms with Crippen LogP contribution in [0.4, 0.5) is 4.79 Å². The Labute approximate surface area is 145 Å². The largest absolute Gasteiger partial charge is 0.444 e. The van der Waals surface area contributed by atoms with E-state index in [1.54, 1.807) is 4.90 Å². The number of hydrogen-bond donors (Lipinski definition) is 1. The molecule has 0 aromatic carbocycles. The molecule has 0 spiro atoms. The second-order valence-corrected chi connectivity index (χ2v) is 9.67. The van der Waals surface area contributed by atoms with Crippen LogP contribution in [0.2, 0.25) is 0 Å². The van der Waals surface area contributed by atoms with Gasteiger partial charge in [-0.05, 0) is 64.2 Å². The summed E-state index contributed by atoms with van der Waals surface area (Å²) < 4.78 is 5.53. The third-order valence-electron chi connectivity index (χ3n) is 5.56. The first-order valence-electron chi connectivity index (χ1n) is 9.37. The highest BCUT2D eigenvalue weighted by atomic mass is 16.6. The average molecular weight is 336 g/mol. The fourth-order valence-corrected chi connectivity index (χ4v) is 4.39. The molecule has 2 amide bonds. The molecule has 0 radical (unpaired) electrons. The number of nitrogens with zero attached hydrogens (tertiary/aromatic N) is 1. The van der Waals surface area contributed by atoms with Crippen molar-refractivity contribution >= 4 is 12.0 Å². The van der Waals surface area contributed by atoms with Crippen molar-refractivity contribution in [3.8, 4) is 0 Å². The normalized spacial score (nSPS) is 34.5. The third-order valence-corrected chi connectivity index (χ3v) is 5.56. The number of fused-ring (bicyclic) bond motifs is 1. The number of nitrogens with one attached hydrogen (secondary N) is 1. The molecule has 24 heavy (non-hydrogen) atoms. The van der Waals surface area contributed by atoms with Crippen LogP contribution in [0, 0.1) is 11.3 Å². The van der Waals surface area contributed by atoms with Crippen LogP contribution in [0.15, 0.2) is 0 Å². The smallest absolute Gasteiger partial charge is 0.411 e. The zero-order valence-electron chi connectivity index (χ0n) is 15.7. The number of piperidine rings is 1. The highest BCUT2D eigenvalue weighted by Gasteiger charge is 2.57. The third kappa shape index (κ3) is 3.86. The number of likely N-dealkylation sites (tertiary alicyclic amines) is 1. The minimum Gasteiger partial charge on any atom is -0.444 e. The van der Waals surface area contributed by atoms with Gasteiger partial charge >= 0.3 is 6.09 Å². The molecule has 0 aromatic rings. The summed E-state index contributed by atoms with van der Waals surface area (Å²) in [5.41, 5.74) is -0.239. The summed E-state index contributed by atoms with van der Waals surface area (Å²) in [5.74, 6) is 0.492. The molecule has 136 valence electrons. The zero-order valence-corrected chi connectivity index (χ0v) is 15.7. The standard InChI is InChI=1S/C19H32N2O3/c1-18(2,3)24-17(23)21-14-9-12(14)10-15(21)16(22)20-13-7-6-8-19(4,5)11-13/h12-15H,6-11H2,1-5H3,(H,20,22)/t12-,13-,14-,15+/m1/s1. The van der Waals surface area contributed by atoms with E-state index in [9.17, 15) is 9.59 Å². The first-order valence-corrected chi connectivity index (χ1v) is 9.37. The van der Waals surface area contributed by atoms with E-state index < -0.39 is 5.60 Å². The SMILES string of the molecule is CC1(C)CCC[C@@H](NC(=O)[C@@H]2C[C@H]3C[C@H]3N2C(=O)OC(C)(C)C)C1. The summed E-state index contributed by atoms with van der Waals surface area (Å²) in [6.07, 6.45) is 5.90. The van der Waals surface area contributed by atoms with Crippen LogP contribution in [-0.2, 0) is 9.53 Å². The average Bonchev–Trinajstić information content (AvgIpc) is 3.05. The van der Waals surface area contributed by atoms with Gasteiger partial charge in [0, 0.05) is 12.1 Å². The van der Waals surface area contributed by atoms with E-state index in [4.69, 9.17) is 4.74 Å². The molecule has 1 saturated heterocycles. The molecule has 2 aliphatic carbocycles. The van der Waals surface area contributed by atoms with Gasteiger partial charge in [0.1, 0.15) is 11.6 Å². The molecule has 0 unspecified atom stereocenters. The lowest BCUT2D eigenvalue weighted by Crippen LogP contribution is -2.52. The Morgan fingerprint density at radius 3 is 2.54 bits per heavy atom. The van der Waals surface area contributed by atoms with Gasteiger partial charge < -0.3 is 10.1 Å². The van der Waals surface area contributed by atoms with Crippen LogP contribution in [0.3, 0.4) is 0 Å². The van der Waals surface area contributed by atoms with Crippen LogP contribution in [0.1, 0.15) is 73.1 Å². The molecule has 1 heterocycles. The minimum atomic E-state index is -0.529. The monoisotopic (exact) mass is 336 g/mol. The second-order valence-electron chi connectivity index (χ2n) is 9.67. The van der Waals surface area contributed by atoms with E-state index in [1.165, 1.54) is 6.42 Å². The van der Waals surface area contributed by atoms with Gasteiger partial charge in [0.05, 0.1) is 0 Å². The lowest BCUT2D eigenvalue weighted by Gasteiger charge is -2.37. The van der Waals surface area contributed by atoms with Crippen LogP contribution >= 0.6 is 0 Å². The Balaban J connectivity index is 1.62. The fraction of sp³-hybridized carbons (Fsp3) is 0.895. The molecule has 3 fully saturated rings. The lowest BCUT2D eigenvalue weighted by molar-refractivity contribution is -0.127. The van der Waals surface area contributed by atoms with Crippen molar-refractivity contribution in [3.63, 3.8) is 0 Å². The van der Waals surface area contributed by atoms with Gasteiger partial charge in [0.15, 0.2) is 0 Å². The van der Waals surface area contributed by atoms with Crippen LogP contribution < -0.4 is 5.32 Å².